The molecule has 3 aromatic carbocycles. The van der Waals surface area contributed by atoms with Crippen molar-refractivity contribution in [2.75, 3.05) is 38.1 Å². The van der Waals surface area contributed by atoms with Crippen LogP contribution in [-0.2, 0) is 30.3 Å². The number of aliphatic carboxylic acids is 1. The van der Waals surface area contributed by atoms with Crippen LogP contribution in [-0.4, -0.2) is 85.5 Å². The standard InChI is InChI=1S/C42H42Cl2F2N4O8.C2HF3O2/c43-32-21-50(54)22-33(44)31(32)19-35(28-11-12-34(58-42(45)46)36(18-28)55-24-25-9-10-25)56-38(51)20-47-40(52)29-7-4-8-30(17-29)48-39(27-5-2-1-3-6-27)41(53)57-37-23-49-15-13-26(37)14-16-49;3-2(4,5)1(6)7/h1-8,11-12,17-18,21-22,25-26,35,37,39,42,48H,9-10,13-16,19-20,23-24H2,(H,47,52);(H,6,7)/t35-,37-,39?;/m0./s1. The Kier molecular flexibility index (Phi) is 16.3. The maximum absolute atomic E-state index is 13.7. The minimum atomic E-state index is -5.08. The number of anilines is 1. The lowest BCUT2D eigenvalue weighted by atomic mass is 9.86. The third-order valence-corrected chi connectivity index (χ3v) is 11.4. The Labute approximate surface area is 379 Å². The molecule has 1 amide bonds. The molecule has 2 bridgehead atoms. The number of alkyl halides is 5. The van der Waals surface area contributed by atoms with Crippen molar-refractivity contribution in [3.05, 3.63) is 123 Å². The number of carboxylic acids is 1. The number of carbonyl (C=O) groups is 4. The average Bonchev–Trinajstić information content (AvgIpc) is 4.10. The van der Waals surface area contributed by atoms with Gasteiger partial charge in [-0.25, -0.2) is 9.59 Å². The van der Waals surface area contributed by atoms with Crippen molar-refractivity contribution in [2.24, 2.45) is 11.8 Å². The fourth-order valence-corrected chi connectivity index (χ4v) is 7.82. The van der Waals surface area contributed by atoms with Crippen LogP contribution in [0.15, 0.2) is 85.2 Å². The van der Waals surface area contributed by atoms with E-state index in [4.69, 9.17) is 47.3 Å². The van der Waals surface area contributed by atoms with Crippen LogP contribution >= 0.6 is 23.2 Å². The van der Waals surface area contributed by atoms with E-state index in [9.17, 15) is 41.5 Å². The second-order valence-corrected chi connectivity index (χ2v) is 16.3. The molecule has 0 radical (unpaired) electrons. The van der Waals surface area contributed by atoms with Crippen molar-refractivity contribution >= 4 is 52.7 Å². The molecule has 3 atom stereocenters. The summed E-state index contributed by atoms with van der Waals surface area (Å²) in [7, 11) is 0. The highest BCUT2D eigenvalue weighted by Crippen LogP contribution is 2.38. The van der Waals surface area contributed by atoms with Crippen LogP contribution in [0.3, 0.4) is 0 Å². The molecule has 3 saturated heterocycles. The first-order valence-electron chi connectivity index (χ1n) is 20.3. The summed E-state index contributed by atoms with van der Waals surface area (Å²) in [5, 5.41) is 24.9. The highest BCUT2D eigenvalue weighted by molar-refractivity contribution is 6.35. The molecule has 4 aliphatic rings. The van der Waals surface area contributed by atoms with E-state index in [1.54, 1.807) is 24.3 Å². The molecule has 14 nitrogen and oxygen atoms in total. The van der Waals surface area contributed by atoms with Crippen LogP contribution in [0.1, 0.15) is 64.9 Å². The molecule has 1 unspecified atom stereocenters. The number of carboxylic acid groups (broad SMARTS) is 1. The molecule has 4 fully saturated rings. The number of ether oxygens (including phenoxy) is 4. The lowest BCUT2D eigenvalue weighted by Crippen LogP contribution is -2.52. The lowest BCUT2D eigenvalue weighted by molar-refractivity contribution is -0.605. The van der Waals surface area contributed by atoms with Crippen molar-refractivity contribution in [3.8, 4) is 11.5 Å². The van der Waals surface area contributed by atoms with Gasteiger partial charge in [-0.2, -0.15) is 26.7 Å². The van der Waals surface area contributed by atoms with E-state index in [-0.39, 0.29) is 51.8 Å². The summed E-state index contributed by atoms with van der Waals surface area (Å²) >= 11 is 12.7. The summed E-state index contributed by atoms with van der Waals surface area (Å²) in [6, 6.07) is 19.0. The number of esters is 2. The van der Waals surface area contributed by atoms with Crippen LogP contribution in [0.25, 0.3) is 0 Å². The van der Waals surface area contributed by atoms with E-state index in [1.165, 1.54) is 18.2 Å². The molecule has 65 heavy (non-hydrogen) atoms. The third kappa shape index (κ3) is 14.0. The third-order valence-electron chi connectivity index (χ3n) is 10.8. The van der Waals surface area contributed by atoms with Crippen molar-refractivity contribution in [1.82, 2.24) is 10.2 Å². The molecule has 0 spiro atoms. The van der Waals surface area contributed by atoms with Gasteiger partial charge in [0.05, 0.1) is 6.61 Å². The first kappa shape index (κ1) is 48.5. The van der Waals surface area contributed by atoms with Crippen LogP contribution in [0.2, 0.25) is 10.0 Å². The molecule has 1 aliphatic carbocycles. The molecule has 21 heteroatoms. The van der Waals surface area contributed by atoms with E-state index in [2.05, 4.69) is 20.3 Å². The Morgan fingerprint density at radius 1 is 0.892 bits per heavy atom. The number of benzene rings is 3. The number of hydrogen-bond acceptors (Lipinski definition) is 11. The quantitative estimate of drug-likeness (QED) is 0.0407. The van der Waals surface area contributed by atoms with Crippen LogP contribution in [0, 0.1) is 17.0 Å². The molecule has 3 aliphatic heterocycles. The predicted molar refractivity (Wildman–Crippen MR) is 224 cm³/mol. The second kappa shape index (κ2) is 21.8. The Bertz CT molecular complexity index is 2290. The zero-order chi connectivity index (χ0) is 46.8. The first-order valence-corrected chi connectivity index (χ1v) is 21.1. The first-order chi connectivity index (χ1) is 30.9. The van der Waals surface area contributed by atoms with Crippen LogP contribution in [0.5, 0.6) is 11.5 Å². The minimum absolute atomic E-state index is 0.00923. The Morgan fingerprint density at radius 2 is 1.57 bits per heavy atom. The summed E-state index contributed by atoms with van der Waals surface area (Å²) in [6.07, 6.45) is -0.429. The number of aromatic nitrogens is 1. The number of hydrogen-bond donors (Lipinski definition) is 3. The largest absolute Gasteiger partial charge is 0.619 e. The van der Waals surface area contributed by atoms with Crippen molar-refractivity contribution < 1.29 is 69.9 Å². The molecular weight excluding hydrogens is 910 g/mol. The number of fused-ring (bicyclic) bond motifs is 3. The molecule has 1 aromatic heterocycles. The van der Waals surface area contributed by atoms with Crippen LogP contribution in [0.4, 0.5) is 27.6 Å². The van der Waals surface area contributed by atoms with E-state index >= 15 is 0 Å². The van der Waals surface area contributed by atoms with Gasteiger partial charge in [0.15, 0.2) is 29.9 Å². The highest BCUT2D eigenvalue weighted by atomic mass is 35.5. The zero-order valence-electron chi connectivity index (χ0n) is 34.3. The number of nitrogens with zero attached hydrogens (tertiary/aromatic N) is 2. The molecular formula is C44H43Cl2F5N4O10. The number of nitrogens with one attached hydrogen (secondary N) is 2. The summed E-state index contributed by atoms with van der Waals surface area (Å²) < 4.78 is 81.1. The fourth-order valence-electron chi connectivity index (χ4n) is 7.22. The summed E-state index contributed by atoms with van der Waals surface area (Å²) in [6.45, 7) is -0.639. The number of carbonyl (C=O) groups excluding carboxylic acids is 3. The average molecular weight is 954 g/mol. The molecule has 8 rings (SSSR count). The van der Waals surface area contributed by atoms with E-state index < -0.39 is 55.3 Å². The maximum atomic E-state index is 13.7. The number of amides is 1. The number of pyridine rings is 1. The predicted octanol–water partition coefficient (Wildman–Crippen LogP) is 7.70. The molecule has 4 heterocycles. The molecule has 348 valence electrons. The Morgan fingerprint density at radius 3 is 2.17 bits per heavy atom. The number of rotatable bonds is 17. The van der Waals surface area contributed by atoms with Gasteiger partial charge >= 0.3 is 30.7 Å². The topological polar surface area (TPSA) is 180 Å². The van der Waals surface area contributed by atoms with Crippen molar-refractivity contribution in [3.63, 3.8) is 0 Å². The van der Waals surface area contributed by atoms with Gasteiger partial charge in [0.1, 0.15) is 28.8 Å². The Balaban J connectivity index is 0.000000925. The molecule has 4 aromatic rings. The minimum Gasteiger partial charge on any atom is -0.619 e. The summed E-state index contributed by atoms with van der Waals surface area (Å²) in [5.41, 5.74) is 2.00. The van der Waals surface area contributed by atoms with E-state index in [1.807, 2.05) is 30.3 Å². The van der Waals surface area contributed by atoms with Gasteiger partial charge < -0.3 is 39.9 Å². The fraction of sp³-hybridized carbons (Fsp3) is 0.386. The maximum Gasteiger partial charge on any atom is 0.490 e. The summed E-state index contributed by atoms with van der Waals surface area (Å²) in [4.78, 5) is 51.7. The van der Waals surface area contributed by atoms with Gasteiger partial charge in [0.25, 0.3) is 5.91 Å². The summed E-state index contributed by atoms with van der Waals surface area (Å²) in [5.74, 6) is -4.16. The van der Waals surface area contributed by atoms with Crippen molar-refractivity contribution in [2.45, 2.75) is 63.1 Å². The zero-order valence-corrected chi connectivity index (χ0v) is 35.8. The number of halogens is 7. The van der Waals surface area contributed by atoms with Gasteiger partial charge in [-0.1, -0.05) is 65.7 Å². The van der Waals surface area contributed by atoms with Gasteiger partial charge in [-0.15, -0.1) is 0 Å². The van der Waals surface area contributed by atoms with Crippen LogP contribution < -0.4 is 24.8 Å². The monoisotopic (exact) mass is 952 g/mol. The smallest absolute Gasteiger partial charge is 0.490 e. The van der Waals surface area contributed by atoms with Gasteiger partial charge in [-0.3, -0.25) is 14.5 Å². The molecule has 3 N–H and O–H groups in total. The highest BCUT2D eigenvalue weighted by Gasteiger charge is 2.39. The lowest BCUT2D eigenvalue weighted by Gasteiger charge is -2.44. The van der Waals surface area contributed by atoms with Gasteiger partial charge in [0.2, 0.25) is 0 Å². The van der Waals surface area contributed by atoms with Crippen molar-refractivity contribution in [1.29, 1.82) is 0 Å². The van der Waals surface area contributed by atoms with E-state index in [0.29, 0.717) is 39.9 Å². The van der Waals surface area contributed by atoms with Gasteiger partial charge in [0, 0.05) is 29.8 Å². The van der Waals surface area contributed by atoms with E-state index in [0.717, 1.165) is 51.2 Å². The molecule has 1 saturated carbocycles. The Hall–Kier alpha value is -5.92. The SMILES string of the molecule is O=C(CNC(=O)c1cccc(NC(C(=O)O[C@H]2CN3CCC2CC3)c2ccccc2)c1)O[C@@H](Cc1c(Cl)c[n+]([O-])cc1Cl)c1ccc(OC(F)F)c(OCC2CC2)c1.O=C(O)C(F)(F)F. The second-order valence-electron chi connectivity index (χ2n) is 15.5. The number of piperidine rings is 3. The van der Waals surface area contributed by atoms with Gasteiger partial charge in [-0.05, 0) is 92.1 Å². The normalized spacial score (nSPS) is 18.6.